The first-order valence-corrected chi connectivity index (χ1v) is 8.42. The van der Waals surface area contributed by atoms with Crippen LogP contribution in [0.2, 0.25) is 5.02 Å². The van der Waals surface area contributed by atoms with Gasteiger partial charge in [-0.1, -0.05) is 23.7 Å². The van der Waals surface area contributed by atoms with Gasteiger partial charge in [0.15, 0.2) is 5.82 Å². The quantitative estimate of drug-likeness (QED) is 0.576. The summed E-state index contributed by atoms with van der Waals surface area (Å²) in [5.41, 5.74) is 3.36. The molecule has 4 aromatic rings. The average Bonchev–Trinajstić information content (AvgIpc) is 2.99. The molecule has 0 fully saturated rings. The topological polar surface area (TPSA) is 64.3 Å². The number of anilines is 2. The van der Waals surface area contributed by atoms with Crippen LogP contribution < -0.4 is 10.1 Å². The standard InChI is InChI=1S/C19H16ClN5O/c1-12-17-11-21-19(23-13-7-9-14(26-2)10-8-13)24-25(17)18(22-12)15-5-3-4-6-16(15)20/h3-11H,1-2H3,(H,23,24). The Kier molecular flexibility index (Phi) is 4.18. The van der Waals surface area contributed by atoms with Gasteiger partial charge in [0.05, 0.1) is 24.0 Å². The number of rotatable bonds is 4. The summed E-state index contributed by atoms with van der Waals surface area (Å²) in [6.45, 7) is 1.93. The zero-order valence-electron chi connectivity index (χ0n) is 14.3. The molecule has 0 spiro atoms. The van der Waals surface area contributed by atoms with Gasteiger partial charge in [-0.05, 0) is 43.3 Å². The third-order valence-electron chi connectivity index (χ3n) is 4.04. The molecule has 1 N–H and O–H groups in total. The predicted octanol–water partition coefficient (Wildman–Crippen LogP) is 4.51. The van der Waals surface area contributed by atoms with Crippen molar-refractivity contribution < 1.29 is 4.74 Å². The van der Waals surface area contributed by atoms with Gasteiger partial charge < -0.3 is 10.1 Å². The molecular formula is C19H16ClN5O. The fourth-order valence-corrected chi connectivity index (χ4v) is 2.92. The first-order chi connectivity index (χ1) is 12.7. The van der Waals surface area contributed by atoms with Crippen molar-refractivity contribution in [3.8, 4) is 17.1 Å². The second kappa shape index (κ2) is 6.65. The van der Waals surface area contributed by atoms with Crippen LogP contribution in [0.5, 0.6) is 5.75 Å². The molecule has 4 rings (SSSR count). The van der Waals surface area contributed by atoms with E-state index < -0.39 is 0 Å². The van der Waals surface area contributed by atoms with E-state index in [9.17, 15) is 0 Å². The SMILES string of the molecule is COc1ccc(Nc2ncc3c(C)nc(-c4ccccc4Cl)n3n2)cc1. The fourth-order valence-electron chi connectivity index (χ4n) is 2.70. The summed E-state index contributed by atoms with van der Waals surface area (Å²) in [7, 11) is 1.64. The lowest BCUT2D eigenvalue weighted by Gasteiger charge is -2.07. The van der Waals surface area contributed by atoms with Crippen LogP contribution in [0.15, 0.2) is 54.7 Å². The van der Waals surface area contributed by atoms with Crippen molar-refractivity contribution in [2.24, 2.45) is 0 Å². The maximum Gasteiger partial charge on any atom is 0.245 e. The fraction of sp³-hybridized carbons (Fsp3) is 0.105. The number of imidazole rings is 1. The van der Waals surface area contributed by atoms with Gasteiger partial charge in [-0.15, -0.1) is 5.10 Å². The Bertz CT molecular complexity index is 1080. The van der Waals surface area contributed by atoms with Gasteiger partial charge >= 0.3 is 0 Å². The molecule has 0 aliphatic rings. The second-order valence-electron chi connectivity index (χ2n) is 5.73. The number of aryl methyl sites for hydroxylation is 1. The lowest BCUT2D eigenvalue weighted by atomic mass is 10.2. The van der Waals surface area contributed by atoms with Gasteiger partial charge in [-0.3, -0.25) is 0 Å². The van der Waals surface area contributed by atoms with Crippen LogP contribution >= 0.6 is 11.6 Å². The van der Waals surface area contributed by atoms with Crippen molar-refractivity contribution in [1.82, 2.24) is 19.6 Å². The molecule has 0 aliphatic carbocycles. The summed E-state index contributed by atoms with van der Waals surface area (Å²) in [6, 6.07) is 15.1. The maximum absolute atomic E-state index is 6.34. The van der Waals surface area contributed by atoms with Crippen LogP contribution in [0.4, 0.5) is 11.6 Å². The zero-order valence-corrected chi connectivity index (χ0v) is 15.0. The van der Waals surface area contributed by atoms with Crippen molar-refractivity contribution in [3.63, 3.8) is 0 Å². The molecule has 0 unspecified atom stereocenters. The largest absolute Gasteiger partial charge is 0.497 e. The number of halogens is 1. The van der Waals surface area contributed by atoms with E-state index in [1.54, 1.807) is 17.8 Å². The monoisotopic (exact) mass is 365 g/mol. The Morgan fingerprint density at radius 2 is 1.85 bits per heavy atom. The van der Waals surface area contributed by atoms with Crippen molar-refractivity contribution >= 4 is 28.8 Å². The van der Waals surface area contributed by atoms with E-state index in [1.165, 1.54) is 0 Å². The van der Waals surface area contributed by atoms with Crippen molar-refractivity contribution in [2.75, 3.05) is 12.4 Å². The highest BCUT2D eigenvalue weighted by atomic mass is 35.5. The van der Waals surface area contributed by atoms with Crippen LogP contribution in [0.3, 0.4) is 0 Å². The van der Waals surface area contributed by atoms with E-state index in [2.05, 4.69) is 20.4 Å². The Morgan fingerprint density at radius 3 is 2.58 bits per heavy atom. The molecule has 2 aromatic carbocycles. The molecule has 130 valence electrons. The number of hydrogen-bond donors (Lipinski definition) is 1. The summed E-state index contributed by atoms with van der Waals surface area (Å²) in [5.74, 6) is 1.94. The molecule has 2 heterocycles. The minimum Gasteiger partial charge on any atom is -0.497 e. The first kappa shape index (κ1) is 16.4. The third-order valence-corrected chi connectivity index (χ3v) is 4.37. The first-order valence-electron chi connectivity index (χ1n) is 8.04. The lowest BCUT2D eigenvalue weighted by molar-refractivity contribution is 0.415. The number of hydrogen-bond acceptors (Lipinski definition) is 5. The third kappa shape index (κ3) is 2.95. The maximum atomic E-state index is 6.34. The van der Waals surface area contributed by atoms with E-state index >= 15 is 0 Å². The number of ether oxygens (including phenoxy) is 1. The van der Waals surface area contributed by atoms with Crippen LogP contribution in [-0.2, 0) is 0 Å². The van der Waals surface area contributed by atoms with Gasteiger partial charge in [0.2, 0.25) is 5.95 Å². The Labute approximate surface area is 155 Å². The number of benzene rings is 2. The highest BCUT2D eigenvalue weighted by Gasteiger charge is 2.15. The van der Waals surface area contributed by atoms with Crippen LogP contribution in [0.25, 0.3) is 16.9 Å². The zero-order chi connectivity index (χ0) is 18.1. The second-order valence-corrected chi connectivity index (χ2v) is 6.14. The van der Waals surface area contributed by atoms with Crippen LogP contribution in [0.1, 0.15) is 5.69 Å². The average molecular weight is 366 g/mol. The Hall–Kier alpha value is -3.12. The van der Waals surface area contributed by atoms with E-state index in [0.29, 0.717) is 16.8 Å². The molecule has 0 amide bonds. The van der Waals surface area contributed by atoms with Crippen molar-refractivity contribution in [2.45, 2.75) is 6.92 Å². The molecule has 0 aliphatic heterocycles. The summed E-state index contributed by atoms with van der Waals surface area (Å²) in [4.78, 5) is 9.01. The Morgan fingerprint density at radius 1 is 1.08 bits per heavy atom. The van der Waals surface area contributed by atoms with Crippen molar-refractivity contribution in [3.05, 3.63) is 65.4 Å². The molecular weight excluding hydrogens is 350 g/mol. The summed E-state index contributed by atoms with van der Waals surface area (Å²) >= 11 is 6.34. The van der Waals surface area contributed by atoms with Gasteiger partial charge in [0.1, 0.15) is 11.3 Å². The summed E-state index contributed by atoms with van der Waals surface area (Å²) in [5, 5.41) is 8.41. The molecule has 7 heteroatoms. The number of fused-ring (bicyclic) bond motifs is 1. The van der Waals surface area contributed by atoms with E-state index in [1.807, 2.05) is 55.5 Å². The lowest BCUT2D eigenvalue weighted by Crippen LogP contribution is -2.03. The van der Waals surface area contributed by atoms with Crippen LogP contribution in [0, 0.1) is 6.92 Å². The van der Waals surface area contributed by atoms with Crippen molar-refractivity contribution in [1.29, 1.82) is 0 Å². The number of aromatic nitrogens is 4. The minimum absolute atomic E-state index is 0.466. The predicted molar refractivity (Wildman–Crippen MR) is 102 cm³/mol. The van der Waals surface area contributed by atoms with Gasteiger partial charge in [0.25, 0.3) is 0 Å². The molecule has 0 atom stereocenters. The highest BCUT2D eigenvalue weighted by Crippen LogP contribution is 2.28. The van der Waals surface area contributed by atoms with E-state index in [4.69, 9.17) is 16.3 Å². The highest BCUT2D eigenvalue weighted by molar-refractivity contribution is 6.33. The molecule has 2 aromatic heterocycles. The van der Waals surface area contributed by atoms with Gasteiger partial charge in [0, 0.05) is 11.3 Å². The molecule has 0 bridgehead atoms. The molecule has 0 radical (unpaired) electrons. The normalized spacial score (nSPS) is 10.9. The molecule has 6 nitrogen and oxygen atoms in total. The molecule has 0 saturated carbocycles. The summed E-state index contributed by atoms with van der Waals surface area (Å²) in [6.07, 6.45) is 1.75. The Balaban J connectivity index is 1.76. The number of nitrogens with zero attached hydrogens (tertiary/aromatic N) is 4. The minimum atomic E-state index is 0.466. The molecule has 26 heavy (non-hydrogen) atoms. The van der Waals surface area contributed by atoms with E-state index in [-0.39, 0.29) is 0 Å². The van der Waals surface area contributed by atoms with E-state index in [0.717, 1.165) is 28.2 Å². The van der Waals surface area contributed by atoms with Gasteiger partial charge in [-0.2, -0.15) is 0 Å². The number of nitrogens with one attached hydrogen (secondary N) is 1. The van der Waals surface area contributed by atoms with Crippen LogP contribution in [-0.4, -0.2) is 26.7 Å². The summed E-state index contributed by atoms with van der Waals surface area (Å²) < 4.78 is 6.93. The number of methoxy groups -OCH3 is 1. The molecule has 0 saturated heterocycles. The smallest absolute Gasteiger partial charge is 0.245 e. The van der Waals surface area contributed by atoms with Gasteiger partial charge in [-0.25, -0.2) is 14.5 Å².